The first kappa shape index (κ1) is 22.5. The Labute approximate surface area is 179 Å². The Morgan fingerprint density at radius 1 is 1.07 bits per heavy atom. The normalized spacial score (nSPS) is 15.6. The summed E-state index contributed by atoms with van der Waals surface area (Å²) < 4.78 is 15.7. The molecule has 0 atom stereocenters. The monoisotopic (exact) mass is 412 g/mol. The molecule has 0 bridgehead atoms. The number of Topliss-reactive ketones (excluding diaryl/α,β-unsaturated/α-hetero) is 1. The van der Waals surface area contributed by atoms with Gasteiger partial charge >= 0.3 is 0 Å². The molecule has 2 aliphatic rings. The molecule has 30 heavy (non-hydrogen) atoms. The second-order valence-electron chi connectivity index (χ2n) is 7.80. The van der Waals surface area contributed by atoms with E-state index < -0.39 is 0 Å². The molecule has 0 spiro atoms. The van der Waals surface area contributed by atoms with Crippen LogP contribution in [0.4, 0.5) is 5.69 Å². The number of nitrogens with zero attached hydrogens (tertiary/aromatic N) is 2. The van der Waals surface area contributed by atoms with E-state index >= 15 is 0 Å². The van der Waals surface area contributed by atoms with Crippen LogP contribution in [0.15, 0.2) is 17.7 Å². The summed E-state index contributed by atoms with van der Waals surface area (Å²) in [4.78, 5) is 15.0. The van der Waals surface area contributed by atoms with Crippen molar-refractivity contribution >= 4 is 17.5 Å². The quantitative estimate of drug-likeness (QED) is 0.298. The molecule has 0 unspecified atom stereocenters. The molecule has 0 saturated heterocycles. The van der Waals surface area contributed by atoms with Crippen LogP contribution in [0.3, 0.4) is 0 Å². The highest BCUT2D eigenvalue weighted by molar-refractivity contribution is 6.03. The number of ether oxygens (including phenoxy) is 3. The summed E-state index contributed by atoms with van der Waals surface area (Å²) in [7, 11) is 1.64. The molecule has 3 rings (SSSR count). The van der Waals surface area contributed by atoms with Crippen molar-refractivity contribution in [2.45, 2.75) is 38.5 Å². The Morgan fingerprint density at radius 2 is 1.70 bits per heavy atom. The maximum absolute atomic E-state index is 12.5. The predicted octanol–water partition coefficient (Wildman–Crippen LogP) is 3.32. The van der Waals surface area contributed by atoms with E-state index in [-0.39, 0.29) is 11.4 Å². The largest absolute Gasteiger partial charge is 0.382 e. The van der Waals surface area contributed by atoms with Gasteiger partial charge in [-0.05, 0) is 67.0 Å². The average molecular weight is 413 g/mol. The van der Waals surface area contributed by atoms with Gasteiger partial charge in [-0.25, -0.2) is 0 Å². The van der Waals surface area contributed by atoms with Gasteiger partial charge in [-0.15, -0.1) is 0 Å². The summed E-state index contributed by atoms with van der Waals surface area (Å²) in [5, 5.41) is 9.51. The molecule has 0 N–H and O–H groups in total. The van der Waals surface area contributed by atoms with E-state index in [1.807, 2.05) is 0 Å². The topological polar surface area (TPSA) is 71.8 Å². The first-order chi connectivity index (χ1) is 14.7. The number of aryl methyl sites for hydroxylation is 2. The molecular formula is C24H32N2O4. The van der Waals surface area contributed by atoms with Gasteiger partial charge < -0.3 is 19.1 Å². The lowest BCUT2D eigenvalue weighted by atomic mass is 9.89. The van der Waals surface area contributed by atoms with Crippen LogP contribution in [-0.2, 0) is 31.8 Å². The van der Waals surface area contributed by atoms with Gasteiger partial charge in [0, 0.05) is 38.9 Å². The summed E-state index contributed by atoms with van der Waals surface area (Å²) >= 11 is 0. The van der Waals surface area contributed by atoms with Crippen molar-refractivity contribution in [3.8, 4) is 6.07 Å². The minimum absolute atomic E-state index is 0.120. The molecule has 6 nitrogen and oxygen atoms in total. The smallest absolute Gasteiger partial charge is 0.173 e. The number of benzene rings is 1. The minimum Gasteiger partial charge on any atom is -0.382 e. The Balaban J connectivity index is 1.51. The first-order valence-corrected chi connectivity index (χ1v) is 10.9. The lowest BCUT2D eigenvalue weighted by molar-refractivity contribution is -0.115. The Bertz CT molecular complexity index is 766. The lowest BCUT2D eigenvalue weighted by Gasteiger charge is -2.37. The Hall–Kier alpha value is -2.20. The van der Waals surface area contributed by atoms with Gasteiger partial charge in [0.15, 0.2) is 5.78 Å². The molecule has 0 aliphatic carbocycles. The van der Waals surface area contributed by atoms with Crippen molar-refractivity contribution in [1.82, 2.24) is 0 Å². The standard InChI is InChI=1S/C24H32N2O4/c1-28-11-12-30-14-13-29-10-4-7-23(27)22(18-25)17-19-15-20-5-2-8-26-9-3-6-21(16-19)24(20)26/h15-17H,2-14H2,1H3/b22-17+. The summed E-state index contributed by atoms with van der Waals surface area (Å²) in [5.41, 5.74) is 5.32. The van der Waals surface area contributed by atoms with Gasteiger partial charge in [-0.3, -0.25) is 4.79 Å². The van der Waals surface area contributed by atoms with E-state index in [0.29, 0.717) is 45.9 Å². The predicted molar refractivity (Wildman–Crippen MR) is 117 cm³/mol. The first-order valence-electron chi connectivity index (χ1n) is 10.9. The van der Waals surface area contributed by atoms with E-state index in [2.05, 4.69) is 23.1 Å². The highest BCUT2D eigenvalue weighted by Gasteiger charge is 2.24. The van der Waals surface area contributed by atoms with E-state index in [9.17, 15) is 10.1 Å². The van der Waals surface area contributed by atoms with E-state index in [0.717, 1.165) is 31.5 Å². The number of methoxy groups -OCH3 is 1. The zero-order chi connectivity index (χ0) is 21.2. The molecule has 162 valence electrons. The van der Waals surface area contributed by atoms with Gasteiger partial charge in [-0.2, -0.15) is 5.26 Å². The molecule has 0 fully saturated rings. The van der Waals surface area contributed by atoms with Crippen LogP contribution in [0, 0.1) is 11.3 Å². The fourth-order valence-corrected chi connectivity index (χ4v) is 4.19. The molecule has 0 amide bonds. The maximum Gasteiger partial charge on any atom is 0.173 e. The summed E-state index contributed by atoms with van der Waals surface area (Å²) in [6.07, 6.45) is 7.15. The minimum atomic E-state index is -0.120. The van der Waals surface area contributed by atoms with Gasteiger partial charge in [0.1, 0.15) is 6.07 Å². The third-order valence-electron chi connectivity index (χ3n) is 5.58. The van der Waals surface area contributed by atoms with Crippen LogP contribution in [0.2, 0.25) is 0 Å². The molecule has 1 aromatic carbocycles. The van der Waals surface area contributed by atoms with Crippen molar-refractivity contribution in [2.24, 2.45) is 0 Å². The van der Waals surface area contributed by atoms with Gasteiger partial charge in [0.2, 0.25) is 0 Å². The van der Waals surface area contributed by atoms with E-state index in [4.69, 9.17) is 14.2 Å². The van der Waals surface area contributed by atoms with E-state index in [1.165, 1.54) is 29.7 Å². The van der Waals surface area contributed by atoms with Crippen LogP contribution in [0.5, 0.6) is 0 Å². The summed E-state index contributed by atoms with van der Waals surface area (Å²) in [6, 6.07) is 6.42. The number of anilines is 1. The number of hydrogen-bond acceptors (Lipinski definition) is 6. The van der Waals surface area contributed by atoms with Gasteiger partial charge in [0.25, 0.3) is 0 Å². The fraction of sp³-hybridized carbons (Fsp3) is 0.583. The highest BCUT2D eigenvalue weighted by atomic mass is 16.5. The maximum atomic E-state index is 12.5. The molecule has 0 saturated carbocycles. The second-order valence-corrected chi connectivity index (χ2v) is 7.80. The van der Waals surface area contributed by atoms with Crippen LogP contribution < -0.4 is 4.90 Å². The number of allylic oxidation sites excluding steroid dienone is 1. The molecule has 6 heteroatoms. The second kappa shape index (κ2) is 11.8. The lowest BCUT2D eigenvalue weighted by Crippen LogP contribution is -2.34. The van der Waals surface area contributed by atoms with Crippen molar-refractivity contribution in [3.63, 3.8) is 0 Å². The van der Waals surface area contributed by atoms with Gasteiger partial charge in [-0.1, -0.05) is 0 Å². The van der Waals surface area contributed by atoms with Crippen molar-refractivity contribution < 1.29 is 19.0 Å². The van der Waals surface area contributed by atoms with Crippen molar-refractivity contribution in [2.75, 3.05) is 58.1 Å². The van der Waals surface area contributed by atoms with Crippen molar-refractivity contribution in [3.05, 3.63) is 34.4 Å². The summed E-state index contributed by atoms with van der Waals surface area (Å²) in [6.45, 7) is 4.89. The van der Waals surface area contributed by atoms with Crippen LogP contribution in [-0.4, -0.2) is 59.0 Å². The SMILES string of the molecule is COCCOCCOCCCC(=O)/C(C#N)=C/c1cc2c3c(c1)CCCN3CCC2. The van der Waals surface area contributed by atoms with Gasteiger partial charge in [0.05, 0.1) is 32.0 Å². The molecule has 2 aliphatic heterocycles. The molecular weight excluding hydrogens is 380 g/mol. The number of ketones is 1. The molecule has 0 aromatic heterocycles. The number of hydrogen-bond donors (Lipinski definition) is 0. The molecule has 0 radical (unpaired) electrons. The zero-order valence-electron chi connectivity index (χ0n) is 18.0. The van der Waals surface area contributed by atoms with Crippen LogP contribution in [0.25, 0.3) is 6.08 Å². The van der Waals surface area contributed by atoms with Crippen LogP contribution in [0.1, 0.15) is 42.4 Å². The van der Waals surface area contributed by atoms with E-state index in [1.54, 1.807) is 13.2 Å². The summed E-state index contributed by atoms with van der Waals surface area (Å²) in [5.74, 6) is -0.120. The number of nitriles is 1. The average Bonchev–Trinajstić information content (AvgIpc) is 2.76. The fourth-order valence-electron chi connectivity index (χ4n) is 4.19. The molecule has 1 aromatic rings. The number of carbonyl (C=O) groups is 1. The Kier molecular flexibility index (Phi) is 8.88. The number of rotatable bonds is 12. The Morgan fingerprint density at radius 3 is 2.33 bits per heavy atom. The van der Waals surface area contributed by atoms with Crippen molar-refractivity contribution in [1.29, 1.82) is 5.26 Å². The number of carbonyl (C=O) groups excluding carboxylic acids is 1. The third kappa shape index (κ3) is 6.15. The van der Waals surface area contributed by atoms with Crippen LogP contribution >= 0.6 is 0 Å². The zero-order valence-corrected chi connectivity index (χ0v) is 18.0. The third-order valence-corrected chi connectivity index (χ3v) is 5.58. The molecule has 2 heterocycles. The highest BCUT2D eigenvalue weighted by Crippen LogP contribution is 2.36.